The van der Waals surface area contributed by atoms with E-state index in [-0.39, 0.29) is 11.1 Å². The summed E-state index contributed by atoms with van der Waals surface area (Å²) in [5, 5.41) is 8.72. The molecule has 96 valence electrons. The summed E-state index contributed by atoms with van der Waals surface area (Å²) in [7, 11) is 0. The van der Waals surface area contributed by atoms with Crippen molar-refractivity contribution in [2.24, 2.45) is 0 Å². The van der Waals surface area contributed by atoms with Crippen LogP contribution in [-0.2, 0) is 9.53 Å². The molecule has 0 aliphatic rings. The van der Waals surface area contributed by atoms with E-state index in [9.17, 15) is 9.59 Å². The third-order valence-corrected chi connectivity index (χ3v) is 2.02. The summed E-state index contributed by atoms with van der Waals surface area (Å²) in [4.78, 5) is 21.8. The van der Waals surface area contributed by atoms with Crippen molar-refractivity contribution in [1.29, 1.82) is 0 Å². The number of carboxylic acid groups (broad SMARTS) is 1. The summed E-state index contributed by atoms with van der Waals surface area (Å²) >= 11 is 0. The lowest BCUT2D eigenvalue weighted by atomic mass is 10.2. The van der Waals surface area contributed by atoms with Crippen LogP contribution < -0.4 is 4.74 Å². The molecule has 5 heteroatoms. The molecule has 1 unspecified atom stereocenters. The number of carbonyl (C=O) groups is 2. The quantitative estimate of drug-likeness (QED) is 0.493. The van der Waals surface area contributed by atoms with E-state index < -0.39 is 18.2 Å². The molecular weight excluding hydrogens is 236 g/mol. The van der Waals surface area contributed by atoms with Gasteiger partial charge in [-0.2, -0.15) is 0 Å². The molecule has 0 saturated heterocycles. The molecule has 1 aromatic rings. The SMILES string of the molecule is C=C(C)C(=O)OC(C)Oc1ccc(C(=O)O)cc1. The Bertz CT molecular complexity index is 461. The van der Waals surface area contributed by atoms with Crippen LogP contribution in [-0.4, -0.2) is 23.3 Å². The zero-order valence-corrected chi connectivity index (χ0v) is 10.2. The fourth-order valence-corrected chi connectivity index (χ4v) is 1.14. The minimum atomic E-state index is -1.01. The maximum atomic E-state index is 11.2. The highest BCUT2D eigenvalue weighted by Gasteiger charge is 2.11. The first-order valence-electron chi connectivity index (χ1n) is 5.26. The average molecular weight is 250 g/mol. The molecule has 1 N–H and O–H groups in total. The van der Waals surface area contributed by atoms with Gasteiger partial charge in [0.2, 0.25) is 6.29 Å². The Morgan fingerprint density at radius 2 is 1.83 bits per heavy atom. The Balaban J connectivity index is 2.59. The standard InChI is InChI=1S/C13H14O5/c1-8(2)13(16)18-9(3)17-11-6-4-10(5-7-11)12(14)15/h4-7,9H,1H2,2-3H3,(H,14,15). The van der Waals surface area contributed by atoms with E-state index in [2.05, 4.69) is 6.58 Å². The zero-order chi connectivity index (χ0) is 13.7. The summed E-state index contributed by atoms with van der Waals surface area (Å²) in [5.41, 5.74) is 0.445. The van der Waals surface area contributed by atoms with Gasteiger partial charge in [0, 0.05) is 12.5 Å². The molecule has 0 bridgehead atoms. The van der Waals surface area contributed by atoms with Gasteiger partial charge in [-0.15, -0.1) is 0 Å². The number of hydrogen-bond acceptors (Lipinski definition) is 4. The van der Waals surface area contributed by atoms with Gasteiger partial charge >= 0.3 is 11.9 Å². The molecular formula is C13H14O5. The van der Waals surface area contributed by atoms with Crippen LogP contribution in [0, 0.1) is 0 Å². The second-order valence-corrected chi connectivity index (χ2v) is 3.70. The summed E-state index contributed by atoms with van der Waals surface area (Å²) in [6.07, 6.45) is -0.773. The third-order valence-electron chi connectivity index (χ3n) is 2.02. The molecule has 0 saturated carbocycles. The smallest absolute Gasteiger partial charge is 0.336 e. The van der Waals surface area contributed by atoms with Crippen molar-refractivity contribution in [2.75, 3.05) is 0 Å². The van der Waals surface area contributed by atoms with Crippen molar-refractivity contribution in [3.63, 3.8) is 0 Å². The van der Waals surface area contributed by atoms with Crippen LogP contribution in [0.3, 0.4) is 0 Å². The molecule has 1 atom stereocenters. The largest absolute Gasteiger partial charge is 0.478 e. The highest BCUT2D eigenvalue weighted by Crippen LogP contribution is 2.14. The van der Waals surface area contributed by atoms with Crippen molar-refractivity contribution < 1.29 is 24.2 Å². The van der Waals surface area contributed by atoms with Crippen LogP contribution in [0.25, 0.3) is 0 Å². The van der Waals surface area contributed by atoms with Crippen molar-refractivity contribution in [1.82, 2.24) is 0 Å². The topological polar surface area (TPSA) is 72.8 Å². The fraction of sp³-hybridized carbons (Fsp3) is 0.231. The second-order valence-electron chi connectivity index (χ2n) is 3.70. The number of ether oxygens (including phenoxy) is 2. The predicted molar refractivity (Wildman–Crippen MR) is 64.4 cm³/mol. The minimum absolute atomic E-state index is 0.161. The van der Waals surface area contributed by atoms with E-state index in [4.69, 9.17) is 14.6 Å². The van der Waals surface area contributed by atoms with E-state index in [0.717, 1.165) is 0 Å². The van der Waals surface area contributed by atoms with E-state index in [1.54, 1.807) is 6.92 Å². The predicted octanol–water partition coefficient (Wildman–Crippen LogP) is 2.23. The number of esters is 1. The molecule has 0 fully saturated rings. The molecule has 1 aromatic carbocycles. The van der Waals surface area contributed by atoms with Gasteiger partial charge in [-0.05, 0) is 31.2 Å². The molecule has 0 radical (unpaired) electrons. The van der Waals surface area contributed by atoms with Crippen molar-refractivity contribution in [2.45, 2.75) is 20.1 Å². The van der Waals surface area contributed by atoms with Crippen molar-refractivity contribution in [3.05, 3.63) is 42.0 Å². The first-order valence-corrected chi connectivity index (χ1v) is 5.26. The van der Waals surface area contributed by atoms with Gasteiger partial charge in [0.25, 0.3) is 0 Å². The van der Waals surface area contributed by atoms with Crippen molar-refractivity contribution >= 4 is 11.9 Å². The Morgan fingerprint density at radius 1 is 1.28 bits per heavy atom. The lowest BCUT2D eigenvalue weighted by molar-refractivity contribution is -0.156. The van der Waals surface area contributed by atoms with Crippen LogP contribution in [0.5, 0.6) is 5.75 Å². The van der Waals surface area contributed by atoms with Gasteiger partial charge < -0.3 is 14.6 Å². The molecule has 1 rings (SSSR count). The maximum Gasteiger partial charge on any atom is 0.336 e. The van der Waals surface area contributed by atoms with E-state index in [1.165, 1.54) is 31.2 Å². The molecule has 5 nitrogen and oxygen atoms in total. The van der Waals surface area contributed by atoms with Crippen LogP contribution in [0.15, 0.2) is 36.4 Å². The van der Waals surface area contributed by atoms with Gasteiger partial charge in [0.05, 0.1) is 5.56 Å². The molecule has 0 heterocycles. The van der Waals surface area contributed by atoms with Crippen LogP contribution in [0.1, 0.15) is 24.2 Å². The second kappa shape index (κ2) is 5.86. The number of benzene rings is 1. The van der Waals surface area contributed by atoms with Gasteiger partial charge in [-0.1, -0.05) is 6.58 Å². The molecule has 18 heavy (non-hydrogen) atoms. The normalized spacial score (nSPS) is 11.4. The maximum absolute atomic E-state index is 11.2. The lowest BCUT2D eigenvalue weighted by Crippen LogP contribution is -2.21. The number of hydrogen-bond donors (Lipinski definition) is 1. The fourth-order valence-electron chi connectivity index (χ4n) is 1.14. The minimum Gasteiger partial charge on any atom is -0.478 e. The van der Waals surface area contributed by atoms with Gasteiger partial charge in [0.1, 0.15) is 5.75 Å². The molecule has 0 amide bonds. The van der Waals surface area contributed by atoms with Gasteiger partial charge in [-0.3, -0.25) is 0 Å². The van der Waals surface area contributed by atoms with Crippen molar-refractivity contribution in [3.8, 4) is 5.75 Å². The summed E-state index contributed by atoms with van der Waals surface area (Å²) in [5.74, 6) is -1.13. The monoisotopic (exact) mass is 250 g/mol. The first kappa shape index (κ1) is 13.8. The number of carbonyl (C=O) groups excluding carboxylic acids is 1. The van der Waals surface area contributed by atoms with Crippen LogP contribution in [0.2, 0.25) is 0 Å². The molecule has 0 aliphatic carbocycles. The number of rotatable bonds is 5. The molecule has 0 spiro atoms. The van der Waals surface area contributed by atoms with E-state index in [1.807, 2.05) is 0 Å². The zero-order valence-electron chi connectivity index (χ0n) is 10.2. The molecule has 0 aliphatic heterocycles. The lowest BCUT2D eigenvalue weighted by Gasteiger charge is -2.15. The van der Waals surface area contributed by atoms with Crippen LogP contribution in [0.4, 0.5) is 0 Å². The summed E-state index contributed by atoms with van der Waals surface area (Å²) in [6, 6.07) is 5.80. The van der Waals surface area contributed by atoms with Gasteiger partial charge in [0.15, 0.2) is 0 Å². The van der Waals surface area contributed by atoms with E-state index in [0.29, 0.717) is 5.75 Å². The molecule has 0 aromatic heterocycles. The summed E-state index contributed by atoms with van der Waals surface area (Å²) < 4.78 is 10.2. The number of aromatic carboxylic acids is 1. The van der Waals surface area contributed by atoms with Crippen LogP contribution >= 0.6 is 0 Å². The first-order chi connectivity index (χ1) is 8.40. The Hall–Kier alpha value is -2.30. The highest BCUT2D eigenvalue weighted by molar-refractivity contribution is 5.87. The van der Waals surface area contributed by atoms with E-state index >= 15 is 0 Å². The Kier molecular flexibility index (Phi) is 4.48. The van der Waals surface area contributed by atoms with Gasteiger partial charge in [-0.25, -0.2) is 9.59 Å². The highest BCUT2D eigenvalue weighted by atomic mass is 16.7. The summed E-state index contributed by atoms with van der Waals surface area (Å²) in [6.45, 7) is 6.55. The Labute approximate surface area is 105 Å². The average Bonchev–Trinajstić information content (AvgIpc) is 2.29. The third kappa shape index (κ3) is 3.93. The Morgan fingerprint density at radius 3 is 2.28 bits per heavy atom. The number of carboxylic acids is 1.